The molecule has 2 aromatic rings. The Bertz CT molecular complexity index is 724. The topological polar surface area (TPSA) is 55.4 Å². The van der Waals surface area contributed by atoms with Crippen LogP contribution in [0.5, 0.6) is 0 Å². The third kappa shape index (κ3) is 3.01. The minimum atomic E-state index is -0.608. The lowest BCUT2D eigenvalue weighted by atomic mass is 10.1. The Morgan fingerprint density at radius 3 is 2.59 bits per heavy atom. The molecule has 1 aromatic heterocycles. The molecule has 0 aliphatic carbocycles. The van der Waals surface area contributed by atoms with Crippen LogP contribution in [0.2, 0.25) is 0 Å². The molecular formula is C16H16FNO3S. The lowest BCUT2D eigenvalue weighted by Gasteiger charge is -2.07. The summed E-state index contributed by atoms with van der Waals surface area (Å²) < 4.78 is 18.5. The number of anilines is 1. The van der Waals surface area contributed by atoms with E-state index in [1.54, 1.807) is 6.07 Å². The van der Waals surface area contributed by atoms with Gasteiger partial charge in [-0.05, 0) is 31.0 Å². The number of nitrogens with one attached hydrogen (secondary N) is 1. The summed E-state index contributed by atoms with van der Waals surface area (Å²) in [5.41, 5.74) is 1.11. The number of amides is 1. The fourth-order valence-electron chi connectivity index (χ4n) is 2.23. The number of esters is 1. The van der Waals surface area contributed by atoms with Crippen LogP contribution >= 0.6 is 11.3 Å². The molecule has 0 fully saturated rings. The molecule has 1 heterocycles. The van der Waals surface area contributed by atoms with E-state index in [1.165, 1.54) is 36.6 Å². The summed E-state index contributed by atoms with van der Waals surface area (Å²) >= 11 is 1.28. The summed E-state index contributed by atoms with van der Waals surface area (Å²) in [6.07, 6.45) is 0.641. The van der Waals surface area contributed by atoms with Gasteiger partial charge in [0, 0.05) is 4.88 Å². The van der Waals surface area contributed by atoms with Crippen molar-refractivity contribution < 1.29 is 18.7 Å². The standard InChI is InChI=1S/C16H16FNO3S/c1-4-10-9(2)22-15(13(10)16(20)21-3)18-14(19)11-7-5-6-8-12(11)17/h5-8H,4H2,1-3H3,(H,18,19). The Kier molecular flexibility index (Phi) is 4.92. The van der Waals surface area contributed by atoms with Gasteiger partial charge < -0.3 is 10.1 Å². The van der Waals surface area contributed by atoms with Crippen molar-refractivity contribution in [2.75, 3.05) is 12.4 Å². The molecule has 0 aliphatic heterocycles. The van der Waals surface area contributed by atoms with Gasteiger partial charge in [-0.15, -0.1) is 11.3 Å². The second-order valence-electron chi connectivity index (χ2n) is 4.62. The molecule has 2 rings (SSSR count). The fourth-order valence-corrected chi connectivity index (χ4v) is 3.35. The SMILES string of the molecule is CCc1c(C)sc(NC(=O)c2ccccc2F)c1C(=O)OC. The summed E-state index contributed by atoms with van der Waals surface area (Å²) in [5.74, 6) is -1.71. The molecule has 1 N–H and O–H groups in total. The van der Waals surface area contributed by atoms with Crippen molar-refractivity contribution in [2.24, 2.45) is 0 Å². The highest BCUT2D eigenvalue weighted by Gasteiger charge is 2.23. The Hall–Kier alpha value is -2.21. The molecular weight excluding hydrogens is 305 g/mol. The highest BCUT2D eigenvalue weighted by molar-refractivity contribution is 7.16. The van der Waals surface area contributed by atoms with Crippen LogP contribution in [-0.4, -0.2) is 19.0 Å². The first-order chi connectivity index (χ1) is 10.5. The molecule has 1 amide bonds. The number of rotatable bonds is 4. The molecule has 6 heteroatoms. The van der Waals surface area contributed by atoms with Crippen molar-refractivity contribution in [3.63, 3.8) is 0 Å². The van der Waals surface area contributed by atoms with Crippen LogP contribution < -0.4 is 5.32 Å². The van der Waals surface area contributed by atoms with E-state index in [0.717, 1.165) is 10.4 Å². The fraction of sp³-hybridized carbons (Fsp3) is 0.250. The van der Waals surface area contributed by atoms with Gasteiger partial charge in [-0.1, -0.05) is 19.1 Å². The van der Waals surface area contributed by atoms with Gasteiger partial charge in [-0.2, -0.15) is 0 Å². The molecule has 0 atom stereocenters. The predicted molar refractivity (Wildman–Crippen MR) is 84.1 cm³/mol. The Morgan fingerprint density at radius 2 is 2.00 bits per heavy atom. The number of methoxy groups -OCH3 is 1. The Labute approximate surface area is 131 Å². The highest BCUT2D eigenvalue weighted by Crippen LogP contribution is 2.34. The van der Waals surface area contributed by atoms with E-state index in [9.17, 15) is 14.0 Å². The minimum absolute atomic E-state index is 0.0672. The van der Waals surface area contributed by atoms with Gasteiger partial charge in [0.1, 0.15) is 10.8 Å². The zero-order chi connectivity index (χ0) is 16.3. The van der Waals surface area contributed by atoms with Crippen molar-refractivity contribution in [1.82, 2.24) is 0 Å². The van der Waals surface area contributed by atoms with Gasteiger partial charge in [-0.25, -0.2) is 9.18 Å². The van der Waals surface area contributed by atoms with Gasteiger partial charge in [-0.3, -0.25) is 4.79 Å². The first-order valence-electron chi connectivity index (χ1n) is 6.76. The number of ether oxygens (including phenoxy) is 1. The first-order valence-corrected chi connectivity index (χ1v) is 7.57. The predicted octanol–water partition coefficient (Wildman–Crippen LogP) is 3.80. The van der Waals surface area contributed by atoms with Crippen LogP contribution in [0, 0.1) is 12.7 Å². The van der Waals surface area contributed by atoms with Crippen LogP contribution in [-0.2, 0) is 11.2 Å². The van der Waals surface area contributed by atoms with E-state index in [2.05, 4.69) is 5.32 Å². The number of carbonyl (C=O) groups is 2. The van der Waals surface area contributed by atoms with E-state index >= 15 is 0 Å². The second kappa shape index (κ2) is 6.70. The van der Waals surface area contributed by atoms with Crippen molar-refractivity contribution in [1.29, 1.82) is 0 Å². The van der Waals surface area contributed by atoms with E-state index in [1.807, 2.05) is 13.8 Å². The summed E-state index contributed by atoms with van der Waals surface area (Å²) in [5, 5.41) is 3.00. The quantitative estimate of drug-likeness (QED) is 0.872. The van der Waals surface area contributed by atoms with Crippen molar-refractivity contribution in [3.05, 3.63) is 51.7 Å². The molecule has 0 aliphatic rings. The monoisotopic (exact) mass is 321 g/mol. The molecule has 0 saturated carbocycles. The van der Waals surface area contributed by atoms with Crippen LogP contribution in [0.25, 0.3) is 0 Å². The smallest absolute Gasteiger partial charge is 0.341 e. The Morgan fingerprint density at radius 1 is 1.32 bits per heavy atom. The second-order valence-corrected chi connectivity index (χ2v) is 5.84. The zero-order valence-corrected chi connectivity index (χ0v) is 13.3. The Balaban J connectivity index is 2.40. The van der Waals surface area contributed by atoms with Gasteiger partial charge in [0.15, 0.2) is 0 Å². The average Bonchev–Trinajstić information content (AvgIpc) is 2.82. The molecule has 0 radical (unpaired) electrons. The normalized spacial score (nSPS) is 10.4. The van der Waals surface area contributed by atoms with Gasteiger partial charge in [0.25, 0.3) is 5.91 Å². The molecule has 22 heavy (non-hydrogen) atoms. The summed E-state index contributed by atoms with van der Waals surface area (Å²) in [4.78, 5) is 25.1. The van der Waals surface area contributed by atoms with Crippen LogP contribution in [0.15, 0.2) is 24.3 Å². The van der Waals surface area contributed by atoms with Crippen molar-refractivity contribution in [2.45, 2.75) is 20.3 Å². The zero-order valence-electron chi connectivity index (χ0n) is 12.5. The van der Waals surface area contributed by atoms with Gasteiger partial charge in [0.05, 0.1) is 18.2 Å². The average molecular weight is 321 g/mol. The van der Waals surface area contributed by atoms with E-state index in [-0.39, 0.29) is 5.56 Å². The number of hydrogen-bond donors (Lipinski definition) is 1. The number of hydrogen-bond acceptors (Lipinski definition) is 4. The number of thiophene rings is 1. The molecule has 0 spiro atoms. The lowest BCUT2D eigenvalue weighted by molar-refractivity contribution is 0.0601. The highest BCUT2D eigenvalue weighted by atomic mass is 32.1. The van der Waals surface area contributed by atoms with Crippen molar-refractivity contribution in [3.8, 4) is 0 Å². The first kappa shape index (κ1) is 16.2. The maximum atomic E-state index is 13.7. The summed E-state index contributed by atoms with van der Waals surface area (Å²) in [7, 11) is 1.29. The molecule has 116 valence electrons. The number of aryl methyl sites for hydroxylation is 1. The minimum Gasteiger partial charge on any atom is -0.465 e. The molecule has 1 aromatic carbocycles. The van der Waals surface area contributed by atoms with Gasteiger partial charge >= 0.3 is 5.97 Å². The largest absolute Gasteiger partial charge is 0.465 e. The maximum absolute atomic E-state index is 13.7. The summed E-state index contributed by atoms with van der Waals surface area (Å²) in [6, 6.07) is 5.70. The molecule has 0 unspecified atom stereocenters. The van der Waals surface area contributed by atoms with Crippen LogP contribution in [0.3, 0.4) is 0 Å². The van der Waals surface area contributed by atoms with Gasteiger partial charge in [0.2, 0.25) is 0 Å². The van der Waals surface area contributed by atoms with E-state index in [4.69, 9.17) is 4.74 Å². The van der Waals surface area contributed by atoms with Crippen LogP contribution in [0.4, 0.5) is 9.39 Å². The molecule has 0 saturated heterocycles. The number of benzene rings is 1. The number of halogens is 1. The summed E-state index contributed by atoms with van der Waals surface area (Å²) in [6.45, 7) is 3.79. The molecule has 4 nitrogen and oxygen atoms in total. The third-order valence-electron chi connectivity index (χ3n) is 3.30. The lowest BCUT2D eigenvalue weighted by Crippen LogP contribution is -2.15. The van der Waals surface area contributed by atoms with Crippen LogP contribution in [0.1, 0.15) is 38.1 Å². The third-order valence-corrected chi connectivity index (χ3v) is 4.36. The van der Waals surface area contributed by atoms with Crippen molar-refractivity contribution >= 4 is 28.2 Å². The van der Waals surface area contributed by atoms with E-state index in [0.29, 0.717) is 17.0 Å². The molecule has 0 bridgehead atoms. The number of carbonyl (C=O) groups excluding carboxylic acids is 2. The van der Waals surface area contributed by atoms with E-state index < -0.39 is 17.7 Å². The maximum Gasteiger partial charge on any atom is 0.341 e.